The summed E-state index contributed by atoms with van der Waals surface area (Å²) in [6.07, 6.45) is 8.23. The third kappa shape index (κ3) is 4.63. The van der Waals surface area contributed by atoms with E-state index in [4.69, 9.17) is 0 Å². The van der Waals surface area contributed by atoms with Crippen molar-refractivity contribution in [2.45, 2.75) is 51.0 Å². The van der Waals surface area contributed by atoms with E-state index < -0.39 is 0 Å². The molecule has 1 N–H and O–H groups in total. The lowest BCUT2D eigenvalue weighted by atomic mass is 10.0. The molecule has 0 aromatic heterocycles. The molecular weight excluding hydrogens is 286 g/mol. The highest BCUT2D eigenvalue weighted by atomic mass is 16.2. The van der Waals surface area contributed by atoms with Gasteiger partial charge in [-0.05, 0) is 37.8 Å². The van der Waals surface area contributed by atoms with Gasteiger partial charge in [0.1, 0.15) is 0 Å². The minimum absolute atomic E-state index is 0.157. The number of likely N-dealkylation sites (tertiary alicyclic amines) is 1. The summed E-state index contributed by atoms with van der Waals surface area (Å²) < 4.78 is 0. The predicted octanol–water partition coefficient (Wildman–Crippen LogP) is 3.63. The average Bonchev–Trinajstić information content (AvgIpc) is 2.56. The van der Waals surface area contributed by atoms with Crippen LogP contribution in [0.25, 0.3) is 0 Å². The van der Waals surface area contributed by atoms with Gasteiger partial charge in [0.05, 0.1) is 0 Å². The second-order valence-electron chi connectivity index (χ2n) is 6.80. The van der Waals surface area contributed by atoms with Crippen LogP contribution < -0.4 is 10.2 Å². The lowest BCUT2D eigenvalue weighted by Gasteiger charge is -2.35. The standard InChI is InChI=1S/C19H29N3O/c23-19(22-13-7-2-1-3-8-14-22)20-17-11-15-21(16-12-17)18-9-5-4-6-10-18/h4-6,9-10,17H,1-3,7-8,11-16H2,(H,20,23). The molecular formula is C19H29N3O. The first kappa shape index (κ1) is 16.2. The molecule has 0 aliphatic carbocycles. The molecule has 2 fully saturated rings. The molecule has 2 aliphatic heterocycles. The summed E-state index contributed by atoms with van der Waals surface area (Å²) in [5, 5.41) is 3.27. The quantitative estimate of drug-likeness (QED) is 0.904. The molecule has 23 heavy (non-hydrogen) atoms. The van der Waals surface area contributed by atoms with Gasteiger partial charge in [-0.25, -0.2) is 4.79 Å². The molecule has 4 heteroatoms. The van der Waals surface area contributed by atoms with E-state index in [0.717, 1.165) is 51.9 Å². The third-order valence-electron chi connectivity index (χ3n) is 5.09. The molecule has 0 spiro atoms. The van der Waals surface area contributed by atoms with Crippen LogP contribution in [0.4, 0.5) is 10.5 Å². The molecule has 0 bridgehead atoms. The zero-order valence-electron chi connectivity index (χ0n) is 14.0. The smallest absolute Gasteiger partial charge is 0.317 e. The van der Waals surface area contributed by atoms with Crippen LogP contribution in [-0.2, 0) is 0 Å². The fourth-order valence-corrected chi connectivity index (χ4v) is 3.64. The number of carbonyl (C=O) groups excluding carboxylic acids is 1. The van der Waals surface area contributed by atoms with Crippen molar-refractivity contribution in [1.82, 2.24) is 10.2 Å². The van der Waals surface area contributed by atoms with Gasteiger partial charge in [0.25, 0.3) is 0 Å². The molecule has 126 valence electrons. The van der Waals surface area contributed by atoms with Crippen LogP contribution in [0.15, 0.2) is 30.3 Å². The summed E-state index contributed by atoms with van der Waals surface area (Å²) >= 11 is 0. The summed E-state index contributed by atoms with van der Waals surface area (Å²) in [6.45, 7) is 3.90. The molecule has 3 rings (SSSR count). The van der Waals surface area contributed by atoms with Crippen LogP contribution in [0.1, 0.15) is 44.9 Å². The van der Waals surface area contributed by atoms with Crippen LogP contribution in [-0.4, -0.2) is 43.2 Å². The summed E-state index contributed by atoms with van der Waals surface area (Å²) in [4.78, 5) is 16.9. The third-order valence-corrected chi connectivity index (χ3v) is 5.09. The minimum Gasteiger partial charge on any atom is -0.371 e. The number of para-hydroxylation sites is 1. The molecule has 2 saturated heterocycles. The van der Waals surface area contributed by atoms with Crippen molar-refractivity contribution in [2.75, 3.05) is 31.1 Å². The number of amides is 2. The molecule has 0 unspecified atom stereocenters. The Kier molecular flexibility index (Phi) is 5.78. The molecule has 0 saturated carbocycles. The highest BCUT2D eigenvalue weighted by molar-refractivity contribution is 5.74. The minimum atomic E-state index is 0.157. The van der Waals surface area contributed by atoms with Crippen LogP contribution in [0.3, 0.4) is 0 Å². The number of piperidine rings is 1. The Hall–Kier alpha value is -1.71. The summed E-state index contributed by atoms with van der Waals surface area (Å²) in [5.74, 6) is 0. The van der Waals surface area contributed by atoms with Gasteiger partial charge in [0.2, 0.25) is 0 Å². The lowest BCUT2D eigenvalue weighted by Crippen LogP contribution is -2.49. The van der Waals surface area contributed by atoms with E-state index in [1.54, 1.807) is 0 Å². The number of carbonyl (C=O) groups is 1. The molecule has 2 heterocycles. The van der Waals surface area contributed by atoms with Gasteiger partial charge in [-0.3, -0.25) is 0 Å². The molecule has 2 amide bonds. The number of nitrogens with one attached hydrogen (secondary N) is 1. The Bertz CT molecular complexity index is 475. The fourth-order valence-electron chi connectivity index (χ4n) is 3.64. The van der Waals surface area contributed by atoms with Crippen molar-refractivity contribution >= 4 is 11.7 Å². The number of benzene rings is 1. The van der Waals surface area contributed by atoms with Gasteiger partial charge < -0.3 is 15.1 Å². The van der Waals surface area contributed by atoms with E-state index in [1.165, 1.54) is 24.9 Å². The molecule has 0 atom stereocenters. The Balaban J connectivity index is 1.45. The molecule has 2 aliphatic rings. The predicted molar refractivity (Wildman–Crippen MR) is 94.9 cm³/mol. The summed E-state index contributed by atoms with van der Waals surface area (Å²) in [6, 6.07) is 11.0. The highest BCUT2D eigenvalue weighted by Gasteiger charge is 2.23. The lowest BCUT2D eigenvalue weighted by molar-refractivity contribution is 0.186. The first-order valence-corrected chi connectivity index (χ1v) is 9.18. The first-order chi connectivity index (χ1) is 11.3. The van der Waals surface area contributed by atoms with Crippen molar-refractivity contribution < 1.29 is 4.79 Å². The van der Waals surface area contributed by atoms with Gasteiger partial charge in [0.15, 0.2) is 0 Å². The largest absolute Gasteiger partial charge is 0.371 e. The molecule has 0 radical (unpaired) electrons. The Morgan fingerprint density at radius 2 is 1.48 bits per heavy atom. The molecule has 1 aromatic carbocycles. The SMILES string of the molecule is O=C(NC1CCN(c2ccccc2)CC1)N1CCCCCCC1. The van der Waals surface area contributed by atoms with Crippen molar-refractivity contribution in [3.63, 3.8) is 0 Å². The topological polar surface area (TPSA) is 35.6 Å². The van der Waals surface area contributed by atoms with E-state index in [1.807, 2.05) is 4.90 Å². The monoisotopic (exact) mass is 315 g/mol. The first-order valence-electron chi connectivity index (χ1n) is 9.18. The van der Waals surface area contributed by atoms with Gasteiger partial charge in [0, 0.05) is 37.9 Å². The number of hydrogen-bond acceptors (Lipinski definition) is 2. The Morgan fingerprint density at radius 1 is 0.870 bits per heavy atom. The Morgan fingerprint density at radius 3 is 2.13 bits per heavy atom. The van der Waals surface area contributed by atoms with Crippen molar-refractivity contribution in [3.8, 4) is 0 Å². The zero-order valence-corrected chi connectivity index (χ0v) is 14.0. The number of anilines is 1. The second-order valence-corrected chi connectivity index (χ2v) is 6.80. The highest BCUT2D eigenvalue weighted by Crippen LogP contribution is 2.19. The van der Waals surface area contributed by atoms with Crippen LogP contribution in [0, 0.1) is 0 Å². The second kappa shape index (κ2) is 8.23. The summed E-state index contributed by atoms with van der Waals surface area (Å²) in [7, 11) is 0. The fraction of sp³-hybridized carbons (Fsp3) is 0.632. The number of nitrogens with zero attached hydrogens (tertiary/aromatic N) is 2. The van der Waals surface area contributed by atoms with E-state index >= 15 is 0 Å². The van der Waals surface area contributed by atoms with Gasteiger partial charge in [-0.15, -0.1) is 0 Å². The van der Waals surface area contributed by atoms with Gasteiger partial charge in [-0.2, -0.15) is 0 Å². The van der Waals surface area contributed by atoms with E-state index in [-0.39, 0.29) is 6.03 Å². The zero-order chi connectivity index (χ0) is 15.9. The van der Waals surface area contributed by atoms with Crippen molar-refractivity contribution in [3.05, 3.63) is 30.3 Å². The number of hydrogen-bond donors (Lipinski definition) is 1. The van der Waals surface area contributed by atoms with Gasteiger partial charge >= 0.3 is 6.03 Å². The van der Waals surface area contributed by atoms with Crippen molar-refractivity contribution in [1.29, 1.82) is 0 Å². The maximum Gasteiger partial charge on any atom is 0.317 e. The van der Waals surface area contributed by atoms with Crippen LogP contribution in [0.2, 0.25) is 0 Å². The van der Waals surface area contributed by atoms with Gasteiger partial charge in [-0.1, -0.05) is 37.5 Å². The van der Waals surface area contributed by atoms with E-state index in [2.05, 4.69) is 40.5 Å². The number of urea groups is 1. The normalized spacial score (nSPS) is 20.7. The van der Waals surface area contributed by atoms with Crippen molar-refractivity contribution in [2.24, 2.45) is 0 Å². The number of rotatable bonds is 2. The van der Waals surface area contributed by atoms with Crippen LogP contribution in [0.5, 0.6) is 0 Å². The maximum absolute atomic E-state index is 12.5. The van der Waals surface area contributed by atoms with E-state index in [9.17, 15) is 4.79 Å². The van der Waals surface area contributed by atoms with E-state index in [0.29, 0.717) is 6.04 Å². The molecule has 1 aromatic rings. The maximum atomic E-state index is 12.5. The van der Waals surface area contributed by atoms with Crippen LogP contribution >= 0.6 is 0 Å². The average molecular weight is 315 g/mol. The Labute approximate surface area is 139 Å². The molecule has 4 nitrogen and oxygen atoms in total. The summed E-state index contributed by atoms with van der Waals surface area (Å²) in [5.41, 5.74) is 1.29.